The summed E-state index contributed by atoms with van der Waals surface area (Å²) in [5.41, 5.74) is 4.32. The molecule has 5 nitrogen and oxygen atoms in total. The second kappa shape index (κ2) is 6.35. The molecule has 1 aromatic carbocycles. The molecular weight excluding hydrogens is 302 g/mol. The maximum Gasteiger partial charge on any atom is 0.197 e. The maximum atomic E-state index is 10.4. The molecule has 0 aliphatic carbocycles. The summed E-state index contributed by atoms with van der Waals surface area (Å²) >= 11 is 0. The maximum absolute atomic E-state index is 10.4. The highest BCUT2D eigenvalue weighted by molar-refractivity contribution is 5.72. The molecule has 3 aromatic rings. The van der Waals surface area contributed by atoms with Crippen LogP contribution in [0.5, 0.6) is 11.6 Å². The number of aromatic nitrogens is 3. The fraction of sp³-hybridized carbons (Fsp3) is 0.263. The van der Waals surface area contributed by atoms with Crippen molar-refractivity contribution in [2.75, 3.05) is 6.61 Å². The van der Waals surface area contributed by atoms with Crippen molar-refractivity contribution >= 4 is 0 Å². The normalized spacial score (nSPS) is 10.8. The predicted octanol–water partition coefficient (Wildman–Crippen LogP) is 3.96. The molecule has 0 aliphatic heterocycles. The third-order valence-electron chi connectivity index (χ3n) is 3.98. The van der Waals surface area contributed by atoms with E-state index in [1.54, 1.807) is 10.6 Å². The molecule has 0 amide bonds. The fourth-order valence-corrected chi connectivity index (χ4v) is 2.69. The molecule has 0 unspecified atom stereocenters. The molecular formula is C19H21N3O2. The average Bonchev–Trinajstić information content (AvgIpc) is 2.93. The summed E-state index contributed by atoms with van der Waals surface area (Å²) in [6, 6.07) is 9.50. The molecule has 0 fully saturated rings. The Hall–Kier alpha value is -2.82. The first-order valence-corrected chi connectivity index (χ1v) is 7.97. The Morgan fingerprint density at radius 3 is 2.50 bits per heavy atom. The Labute approximate surface area is 141 Å². The molecule has 3 rings (SSSR count). The van der Waals surface area contributed by atoms with E-state index < -0.39 is 0 Å². The first-order chi connectivity index (χ1) is 11.5. The van der Waals surface area contributed by atoms with Crippen LogP contribution in [0, 0.1) is 20.8 Å². The second-order valence-electron chi connectivity index (χ2n) is 5.69. The molecule has 124 valence electrons. The monoisotopic (exact) mass is 323 g/mol. The molecule has 0 radical (unpaired) electrons. The van der Waals surface area contributed by atoms with Gasteiger partial charge >= 0.3 is 0 Å². The van der Waals surface area contributed by atoms with E-state index in [-0.39, 0.29) is 5.88 Å². The number of hydrogen-bond acceptors (Lipinski definition) is 4. The van der Waals surface area contributed by atoms with Crippen molar-refractivity contribution in [1.29, 1.82) is 0 Å². The lowest BCUT2D eigenvalue weighted by molar-refractivity contribution is 0.341. The van der Waals surface area contributed by atoms with E-state index in [9.17, 15) is 5.11 Å². The van der Waals surface area contributed by atoms with Gasteiger partial charge in [-0.25, -0.2) is 4.98 Å². The Morgan fingerprint density at radius 2 is 1.75 bits per heavy atom. The van der Waals surface area contributed by atoms with E-state index >= 15 is 0 Å². The summed E-state index contributed by atoms with van der Waals surface area (Å²) in [7, 11) is 0. The van der Waals surface area contributed by atoms with Gasteiger partial charge in [0.15, 0.2) is 11.7 Å². The van der Waals surface area contributed by atoms with E-state index in [1.165, 1.54) is 0 Å². The second-order valence-corrected chi connectivity index (χ2v) is 5.69. The minimum absolute atomic E-state index is 0.122. The highest BCUT2D eigenvalue weighted by atomic mass is 16.5. The number of nitrogens with zero attached hydrogens (tertiary/aromatic N) is 3. The topological polar surface area (TPSA) is 60.2 Å². The van der Waals surface area contributed by atoms with Gasteiger partial charge in [0.2, 0.25) is 0 Å². The van der Waals surface area contributed by atoms with Crippen molar-refractivity contribution in [1.82, 2.24) is 14.5 Å². The Bertz CT molecular complexity index is 884. The van der Waals surface area contributed by atoms with Crippen molar-refractivity contribution in [3.8, 4) is 28.6 Å². The van der Waals surface area contributed by atoms with Crippen LogP contribution in [-0.2, 0) is 0 Å². The highest BCUT2D eigenvalue weighted by Crippen LogP contribution is 2.34. The standard InChI is InChI=1S/C19H21N3O2/c1-5-24-17-9-7-6-8-16(17)15-10-18(23)22(11-15)19-14(4)20-12(2)13(3)21-19/h6-11,23H,5H2,1-4H3. The van der Waals surface area contributed by atoms with Crippen LogP contribution in [0.15, 0.2) is 36.5 Å². The smallest absolute Gasteiger partial charge is 0.197 e. The average molecular weight is 323 g/mol. The summed E-state index contributed by atoms with van der Waals surface area (Å²) in [5.74, 6) is 1.55. The lowest BCUT2D eigenvalue weighted by atomic mass is 10.1. The van der Waals surface area contributed by atoms with Crippen molar-refractivity contribution in [3.05, 3.63) is 53.6 Å². The third-order valence-corrected chi connectivity index (χ3v) is 3.98. The quantitative estimate of drug-likeness (QED) is 0.789. The van der Waals surface area contributed by atoms with Crippen LogP contribution in [0.1, 0.15) is 24.0 Å². The van der Waals surface area contributed by atoms with Crippen LogP contribution >= 0.6 is 0 Å². The molecule has 0 saturated carbocycles. The molecule has 1 N–H and O–H groups in total. The molecule has 0 spiro atoms. The lowest BCUT2D eigenvalue weighted by Crippen LogP contribution is -2.05. The number of hydrogen-bond donors (Lipinski definition) is 1. The van der Waals surface area contributed by atoms with Crippen LogP contribution in [0.2, 0.25) is 0 Å². The zero-order chi connectivity index (χ0) is 17.3. The minimum Gasteiger partial charge on any atom is -0.494 e. The molecule has 5 heteroatoms. The molecule has 2 aromatic heterocycles. The number of para-hydroxylation sites is 1. The molecule has 2 heterocycles. The predicted molar refractivity (Wildman–Crippen MR) is 93.8 cm³/mol. The molecule has 0 saturated heterocycles. The number of rotatable bonds is 4. The summed E-state index contributed by atoms with van der Waals surface area (Å²) in [6.07, 6.45) is 1.86. The molecule has 0 bridgehead atoms. The van der Waals surface area contributed by atoms with E-state index in [0.717, 1.165) is 34.0 Å². The minimum atomic E-state index is 0.122. The Kier molecular flexibility index (Phi) is 4.25. The summed E-state index contributed by atoms with van der Waals surface area (Å²) in [4.78, 5) is 9.08. The SMILES string of the molecule is CCOc1ccccc1-c1cc(O)n(-c2nc(C)c(C)nc2C)c1. The van der Waals surface area contributed by atoms with Crippen LogP contribution in [-0.4, -0.2) is 26.2 Å². The van der Waals surface area contributed by atoms with Gasteiger partial charge in [-0.05, 0) is 33.8 Å². The van der Waals surface area contributed by atoms with Crippen molar-refractivity contribution < 1.29 is 9.84 Å². The van der Waals surface area contributed by atoms with Gasteiger partial charge < -0.3 is 9.84 Å². The lowest BCUT2D eigenvalue weighted by Gasteiger charge is -2.10. The van der Waals surface area contributed by atoms with Gasteiger partial charge in [0, 0.05) is 23.4 Å². The molecule has 0 atom stereocenters. The van der Waals surface area contributed by atoms with Crippen LogP contribution in [0.25, 0.3) is 16.9 Å². The number of benzene rings is 1. The Balaban J connectivity index is 2.11. The van der Waals surface area contributed by atoms with E-state index in [0.29, 0.717) is 12.4 Å². The van der Waals surface area contributed by atoms with Gasteiger partial charge in [-0.1, -0.05) is 18.2 Å². The van der Waals surface area contributed by atoms with Crippen LogP contribution in [0.4, 0.5) is 0 Å². The van der Waals surface area contributed by atoms with Crippen LogP contribution < -0.4 is 4.74 Å². The first-order valence-electron chi connectivity index (χ1n) is 7.97. The van der Waals surface area contributed by atoms with Crippen molar-refractivity contribution in [2.45, 2.75) is 27.7 Å². The van der Waals surface area contributed by atoms with Gasteiger partial charge in [0.05, 0.1) is 23.7 Å². The molecule has 24 heavy (non-hydrogen) atoms. The van der Waals surface area contributed by atoms with E-state index in [4.69, 9.17) is 4.74 Å². The summed E-state index contributed by atoms with van der Waals surface area (Å²) < 4.78 is 7.35. The summed E-state index contributed by atoms with van der Waals surface area (Å²) in [6.45, 7) is 8.27. The number of ether oxygens (including phenoxy) is 1. The third kappa shape index (κ3) is 2.85. The van der Waals surface area contributed by atoms with Crippen molar-refractivity contribution in [3.63, 3.8) is 0 Å². The zero-order valence-electron chi connectivity index (χ0n) is 14.4. The van der Waals surface area contributed by atoms with Gasteiger partial charge in [-0.3, -0.25) is 9.55 Å². The van der Waals surface area contributed by atoms with Gasteiger partial charge in [-0.15, -0.1) is 0 Å². The van der Waals surface area contributed by atoms with Crippen LogP contribution in [0.3, 0.4) is 0 Å². The Morgan fingerprint density at radius 1 is 1.04 bits per heavy atom. The number of aromatic hydroxyl groups is 1. The first kappa shape index (κ1) is 16.1. The zero-order valence-corrected chi connectivity index (χ0v) is 14.4. The number of aryl methyl sites for hydroxylation is 3. The van der Waals surface area contributed by atoms with E-state index in [2.05, 4.69) is 9.97 Å². The van der Waals surface area contributed by atoms with Crippen molar-refractivity contribution in [2.24, 2.45) is 0 Å². The van der Waals surface area contributed by atoms with Gasteiger partial charge in [0.1, 0.15) is 5.75 Å². The van der Waals surface area contributed by atoms with Gasteiger partial charge in [-0.2, -0.15) is 0 Å². The fourth-order valence-electron chi connectivity index (χ4n) is 2.69. The summed E-state index contributed by atoms with van der Waals surface area (Å²) in [5, 5.41) is 10.4. The highest BCUT2D eigenvalue weighted by Gasteiger charge is 2.15. The molecule has 0 aliphatic rings. The van der Waals surface area contributed by atoms with Gasteiger partial charge in [0.25, 0.3) is 0 Å². The largest absolute Gasteiger partial charge is 0.494 e. The van der Waals surface area contributed by atoms with E-state index in [1.807, 2.05) is 58.2 Å².